The number of likely N-dealkylation sites (tertiary alicyclic amines) is 1. The maximum Gasteiger partial charge on any atom is 0.243 e. The second-order valence-corrected chi connectivity index (χ2v) is 9.95. The molecule has 3 rings (SSSR count). The molecule has 1 N–H and O–H groups in total. The van der Waals surface area contributed by atoms with Crippen LogP contribution in [0.4, 0.5) is 10.1 Å². The SMILES string of the molecule is CC(C(=O)NCc1cccc(CN2CCCCC2)c1)N(c1ccc(F)cc1)S(C)(=O)=O. The molecular formula is C23H30FN3O3S. The molecule has 1 fully saturated rings. The summed E-state index contributed by atoms with van der Waals surface area (Å²) < 4.78 is 38.9. The number of anilines is 1. The zero-order chi connectivity index (χ0) is 22.4. The number of hydrogen-bond donors (Lipinski definition) is 1. The molecule has 1 saturated heterocycles. The number of amides is 1. The van der Waals surface area contributed by atoms with Crippen LogP contribution in [0.5, 0.6) is 0 Å². The van der Waals surface area contributed by atoms with Gasteiger partial charge in [0.25, 0.3) is 0 Å². The molecule has 0 spiro atoms. The highest BCUT2D eigenvalue weighted by Gasteiger charge is 2.29. The van der Waals surface area contributed by atoms with Gasteiger partial charge in [-0.05, 0) is 68.2 Å². The topological polar surface area (TPSA) is 69.7 Å². The van der Waals surface area contributed by atoms with E-state index in [2.05, 4.69) is 22.3 Å². The molecule has 31 heavy (non-hydrogen) atoms. The van der Waals surface area contributed by atoms with Crippen LogP contribution in [0.15, 0.2) is 48.5 Å². The lowest BCUT2D eigenvalue weighted by molar-refractivity contribution is -0.122. The van der Waals surface area contributed by atoms with E-state index >= 15 is 0 Å². The summed E-state index contributed by atoms with van der Waals surface area (Å²) in [6.07, 6.45) is 4.80. The van der Waals surface area contributed by atoms with Gasteiger partial charge in [0.15, 0.2) is 0 Å². The molecule has 2 aromatic rings. The summed E-state index contributed by atoms with van der Waals surface area (Å²) in [5.74, 6) is -0.894. The molecule has 0 saturated carbocycles. The van der Waals surface area contributed by atoms with Crippen molar-refractivity contribution in [1.82, 2.24) is 10.2 Å². The van der Waals surface area contributed by atoms with Crippen LogP contribution in [0.3, 0.4) is 0 Å². The predicted octanol–water partition coefficient (Wildman–Crippen LogP) is 3.28. The average molecular weight is 448 g/mol. The molecule has 168 valence electrons. The third-order valence-corrected chi connectivity index (χ3v) is 6.72. The summed E-state index contributed by atoms with van der Waals surface area (Å²) in [5.41, 5.74) is 2.41. The Morgan fingerprint density at radius 2 is 1.74 bits per heavy atom. The predicted molar refractivity (Wildman–Crippen MR) is 121 cm³/mol. The standard InChI is InChI=1S/C23H30FN3O3S/c1-18(27(31(2,29)30)22-11-9-21(24)10-12-22)23(28)25-16-19-7-6-8-20(15-19)17-26-13-4-3-5-14-26/h6-12,15,18H,3-5,13-14,16-17H2,1-2H3,(H,25,28). The lowest BCUT2D eigenvalue weighted by Gasteiger charge is -2.28. The van der Waals surface area contributed by atoms with Gasteiger partial charge in [-0.25, -0.2) is 12.8 Å². The van der Waals surface area contributed by atoms with Crippen molar-refractivity contribution in [2.45, 2.75) is 45.3 Å². The number of rotatable bonds is 8. The second kappa shape index (κ2) is 10.2. The number of nitrogens with zero attached hydrogens (tertiary/aromatic N) is 2. The maximum absolute atomic E-state index is 13.2. The quantitative estimate of drug-likeness (QED) is 0.674. The Bertz CT molecular complexity index is 989. The van der Waals surface area contributed by atoms with Gasteiger partial charge in [0, 0.05) is 13.1 Å². The van der Waals surface area contributed by atoms with Crippen molar-refractivity contribution in [3.63, 3.8) is 0 Å². The third kappa shape index (κ3) is 6.51. The fraction of sp³-hybridized carbons (Fsp3) is 0.435. The fourth-order valence-corrected chi connectivity index (χ4v) is 5.12. The smallest absolute Gasteiger partial charge is 0.243 e. The van der Waals surface area contributed by atoms with Crippen LogP contribution in [0.2, 0.25) is 0 Å². The number of hydrogen-bond acceptors (Lipinski definition) is 4. The lowest BCUT2D eigenvalue weighted by atomic mass is 10.1. The number of piperidine rings is 1. The van der Waals surface area contributed by atoms with Gasteiger partial charge in [0.1, 0.15) is 11.9 Å². The molecule has 0 aromatic heterocycles. The zero-order valence-corrected chi connectivity index (χ0v) is 18.9. The Hall–Kier alpha value is -2.45. The molecule has 1 unspecified atom stereocenters. The van der Waals surface area contributed by atoms with Gasteiger partial charge in [-0.3, -0.25) is 14.0 Å². The molecule has 0 bridgehead atoms. The molecule has 8 heteroatoms. The van der Waals surface area contributed by atoms with Crippen LogP contribution in [-0.4, -0.2) is 44.6 Å². The highest BCUT2D eigenvalue weighted by atomic mass is 32.2. The molecule has 1 aliphatic heterocycles. The van der Waals surface area contributed by atoms with Crippen LogP contribution in [0.1, 0.15) is 37.3 Å². The number of sulfonamides is 1. The first-order valence-electron chi connectivity index (χ1n) is 10.6. The molecule has 0 radical (unpaired) electrons. The van der Waals surface area contributed by atoms with E-state index in [4.69, 9.17) is 0 Å². The minimum atomic E-state index is -3.74. The van der Waals surface area contributed by atoms with Crippen molar-refractivity contribution in [1.29, 1.82) is 0 Å². The monoisotopic (exact) mass is 447 g/mol. The Morgan fingerprint density at radius 1 is 1.10 bits per heavy atom. The molecule has 1 atom stereocenters. The first-order valence-corrected chi connectivity index (χ1v) is 12.4. The van der Waals surface area contributed by atoms with Gasteiger partial charge in [-0.15, -0.1) is 0 Å². The molecule has 0 aliphatic carbocycles. The third-order valence-electron chi connectivity index (χ3n) is 5.48. The van der Waals surface area contributed by atoms with Crippen molar-refractivity contribution in [2.75, 3.05) is 23.7 Å². The number of benzene rings is 2. The fourth-order valence-electron chi connectivity index (χ4n) is 3.95. The van der Waals surface area contributed by atoms with Crippen LogP contribution in [-0.2, 0) is 27.9 Å². The van der Waals surface area contributed by atoms with E-state index in [1.807, 2.05) is 12.1 Å². The first-order chi connectivity index (χ1) is 14.7. The summed E-state index contributed by atoms with van der Waals surface area (Å²) in [6.45, 7) is 4.95. The minimum absolute atomic E-state index is 0.245. The van der Waals surface area contributed by atoms with Crippen molar-refractivity contribution < 1.29 is 17.6 Å². The summed E-state index contributed by atoms with van der Waals surface area (Å²) >= 11 is 0. The lowest BCUT2D eigenvalue weighted by Crippen LogP contribution is -2.47. The highest BCUT2D eigenvalue weighted by Crippen LogP contribution is 2.21. The molecule has 1 amide bonds. The first kappa shape index (κ1) is 23.2. The molecule has 1 heterocycles. The van der Waals surface area contributed by atoms with E-state index in [0.29, 0.717) is 6.54 Å². The van der Waals surface area contributed by atoms with E-state index in [-0.39, 0.29) is 5.69 Å². The van der Waals surface area contributed by atoms with Crippen molar-refractivity contribution in [2.24, 2.45) is 0 Å². The maximum atomic E-state index is 13.2. The molecule has 6 nitrogen and oxygen atoms in total. The molecule has 2 aromatic carbocycles. The van der Waals surface area contributed by atoms with Crippen LogP contribution < -0.4 is 9.62 Å². The summed E-state index contributed by atoms with van der Waals surface area (Å²) in [5, 5.41) is 2.83. The minimum Gasteiger partial charge on any atom is -0.350 e. The van der Waals surface area contributed by atoms with Crippen molar-refractivity contribution in [3.8, 4) is 0 Å². The molecular weight excluding hydrogens is 417 g/mol. The molecule has 1 aliphatic rings. The van der Waals surface area contributed by atoms with Crippen LogP contribution >= 0.6 is 0 Å². The Labute approximate surface area is 184 Å². The van der Waals surface area contributed by atoms with E-state index in [1.165, 1.54) is 56.0 Å². The van der Waals surface area contributed by atoms with E-state index < -0.39 is 27.8 Å². The van der Waals surface area contributed by atoms with Gasteiger partial charge in [0.2, 0.25) is 15.9 Å². The Balaban J connectivity index is 1.64. The normalized spacial score (nSPS) is 16.0. The van der Waals surface area contributed by atoms with Crippen molar-refractivity contribution in [3.05, 3.63) is 65.5 Å². The highest BCUT2D eigenvalue weighted by molar-refractivity contribution is 7.92. The van der Waals surface area contributed by atoms with Gasteiger partial charge in [-0.2, -0.15) is 0 Å². The summed E-state index contributed by atoms with van der Waals surface area (Å²) in [4.78, 5) is 15.2. The number of carbonyl (C=O) groups excluding carboxylic acids is 1. The average Bonchev–Trinajstić information content (AvgIpc) is 2.73. The van der Waals surface area contributed by atoms with E-state index in [1.54, 1.807) is 0 Å². The van der Waals surface area contributed by atoms with E-state index in [9.17, 15) is 17.6 Å². The summed E-state index contributed by atoms with van der Waals surface area (Å²) in [7, 11) is -3.74. The Morgan fingerprint density at radius 3 is 2.39 bits per heavy atom. The number of nitrogens with one attached hydrogen (secondary N) is 1. The summed E-state index contributed by atoms with van der Waals surface area (Å²) in [6, 6.07) is 12.2. The van der Waals surface area contributed by atoms with Gasteiger partial charge in [0.05, 0.1) is 11.9 Å². The van der Waals surface area contributed by atoms with Crippen LogP contribution in [0.25, 0.3) is 0 Å². The number of carbonyl (C=O) groups is 1. The van der Waals surface area contributed by atoms with Gasteiger partial charge in [-0.1, -0.05) is 30.7 Å². The largest absolute Gasteiger partial charge is 0.350 e. The second-order valence-electron chi connectivity index (χ2n) is 8.09. The number of halogens is 1. The zero-order valence-electron chi connectivity index (χ0n) is 18.1. The van der Waals surface area contributed by atoms with Gasteiger partial charge < -0.3 is 5.32 Å². The van der Waals surface area contributed by atoms with E-state index in [0.717, 1.165) is 35.8 Å². The van der Waals surface area contributed by atoms with Crippen molar-refractivity contribution >= 4 is 21.6 Å². The Kier molecular flexibility index (Phi) is 7.67. The van der Waals surface area contributed by atoms with Gasteiger partial charge >= 0.3 is 0 Å². The van der Waals surface area contributed by atoms with Crippen LogP contribution in [0, 0.1) is 5.82 Å².